The first kappa shape index (κ1) is 10.0. The molecular formula is C11H16O2. The van der Waals surface area contributed by atoms with Gasteiger partial charge in [-0.05, 0) is 25.7 Å². The monoisotopic (exact) mass is 180 g/mol. The van der Waals surface area contributed by atoms with E-state index >= 15 is 0 Å². The van der Waals surface area contributed by atoms with Crippen LogP contribution in [0.15, 0.2) is 24.0 Å². The van der Waals surface area contributed by atoms with Crippen molar-refractivity contribution in [2.45, 2.75) is 39.0 Å². The Bertz CT molecular complexity index is 238. The normalized spacial score (nSPS) is 16.2. The van der Waals surface area contributed by atoms with E-state index in [-0.39, 0.29) is 5.97 Å². The molecular weight excluding hydrogens is 164 g/mol. The molecule has 1 aliphatic carbocycles. The summed E-state index contributed by atoms with van der Waals surface area (Å²) < 4.78 is 4.88. The van der Waals surface area contributed by atoms with Gasteiger partial charge in [0.05, 0.1) is 0 Å². The first-order valence-corrected chi connectivity index (χ1v) is 4.72. The third-order valence-electron chi connectivity index (χ3n) is 2.10. The number of rotatable bonds is 3. The second-order valence-corrected chi connectivity index (χ2v) is 3.42. The maximum Gasteiger partial charge on any atom is 0.307 e. The van der Waals surface area contributed by atoms with Crippen LogP contribution < -0.4 is 0 Å². The zero-order valence-corrected chi connectivity index (χ0v) is 8.14. The van der Waals surface area contributed by atoms with Crippen LogP contribution in [-0.2, 0) is 9.53 Å². The quantitative estimate of drug-likeness (QED) is 0.379. The van der Waals surface area contributed by atoms with E-state index in [0.717, 1.165) is 19.3 Å². The van der Waals surface area contributed by atoms with Gasteiger partial charge in [0.2, 0.25) is 0 Å². The first-order valence-electron chi connectivity index (χ1n) is 4.72. The summed E-state index contributed by atoms with van der Waals surface area (Å²) in [6.45, 7) is 5.11. The molecule has 0 radical (unpaired) electrons. The summed E-state index contributed by atoms with van der Waals surface area (Å²) in [6.07, 6.45) is 7.77. The van der Waals surface area contributed by atoms with E-state index in [1.54, 1.807) is 0 Å². The molecule has 0 heterocycles. The van der Waals surface area contributed by atoms with Crippen LogP contribution in [0.4, 0.5) is 0 Å². The summed E-state index contributed by atoms with van der Waals surface area (Å²) >= 11 is 0. The number of allylic oxidation sites excluding steroid dienone is 2. The molecule has 0 N–H and O–H groups in total. The fourth-order valence-electron chi connectivity index (χ4n) is 1.56. The van der Waals surface area contributed by atoms with E-state index in [9.17, 15) is 4.79 Å². The molecule has 0 amide bonds. The van der Waals surface area contributed by atoms with Crippen LogP contribution in [0.5, 0.6) is 0 Å². The Kier molecular flexibility index (Phi) is 3.74. The molecule has 1 rings (SSSR count). The van der Waals surface area contributed by atoms with Crippen LogP contribution >= 0.6 is 0 Å². The van der Waals surface area contributed by atoms with Crippen LogP contribution in [0.2, 0.25) is 0 Å². The molecule has 0 saturated carbocycles. The summed E-state index contributed by atoms with van der Waals surface area (Å²) in [6, 6.07) is 0. The van der Waals surface area contributed by atoms with Crippen LogP contribution in [0.3, 0.4) is 0 Å². The Morgan fingerprint density at radius 3 is 2.92 bits per heavy atom. The van der Waals surface area contributed by atoms with Crippen LogP contribution in [0.1, 0.15) is 39.0 Å². The number of hydrogen-bond acceptors (Lipinski definition) is 2. The van der Waals surface area contributed by atoms with E-state index < -0.39 is 0 Å². The minimum Gasteiger partial charge on any atom is -0.432 e. The molecule has 0 aliphatic heterocycles. The SMILES string of the molecule is C=C(CC1=CCCCC1)OC(C)=O. The van der Waals surface area contributed by atoms with Crippen molar-refractivity contribution >= 4 is 5.97 Å². The largest absolute Gasteiger partial charge is 0.432 e. The second kappa shape index (κ2) is 4.85. The molecule has 0 bridgehead atoms. The summed E-state index contributed by atoms with van der Waals surface area (Å²) in [5.74, 6) is 0.294. The highest BCUT2D eigenvalue weighted by Crippen LogP contribution is 2.22. The molecule has 1 aliphatic rings. The highest BCUT2D eigenvalue weighted by molar-refractivity contribution is 5.67. The second-order valence-electron chi connectivity index (χ2n) is 3.42. The summed E-state index contributed by atoms with van der Waals surface area (Å²) in [7, 11) is 0. The molecule has 0 saturated heterocycles. The average molecular weight is 180 g/mol. The van der Waals surface area contributed by atoms with Crippen LogP contribution in [-0.4, -0.2) is 5.97 Å². The summed E-state index contributed by atoms with van der Waals surface area (Å²) in [5.41, 5.74) is 1.36. The molecule has 2 nitrogen and oxygen atoms in total. The van der Waals surface area contributed by atoms with Gasteiger partial charge in [-0.25, -0.2) is 0 Å². The average Bonchev–Trinajstić information content (AvgIpc) is 2.04. The van der Waals surface area contributed by atoms with E-state index in [0.29, 0.717) is 5.76 Å². The Morgan fingerprint density at radius 2 is 2.38 bits per heavy atom. The Balaban J connectivity index is 2.34. The van der Waals surface area contributed by atoms with Crippen LogP contribution in [0, 0.1) is 0 Å². The molecule has 0 aromatic carbocycles. The maximum atomic E-state index is 10.6. The standard InChI is InChI=1S/C11H16O2/c1-9(13-10(2)12)8-11-6-4-3-5-7-11/h6H,1,3-5,7-8H2,2H3. The van der Waals surface area contributed by atoms with E-state index in [1.807, 2.05) is 0 Å². The highest BCUT2D eigenvalue weighted by atomic mass is 16.5. The Labute approximate surface area is 79.3 Å². The van der Waals surface area contributed by atoms with E-state index in [4.69, 9.17) is 4.74 Å². The van der Waals surface area contributed by atoms with Gasteiger partial charge in [0.25, 0.3) is 0 Å². The van der Waals surface area contributed by atoms with Gasteiger partial charge in [0.15, 0.2) is 0 Å². The third-order valence-corrected chi connectivity index (χ3v) is 2.10. The van der Waals surface area contributed by atoms with Crippen molar-refractivity contribution < 1.29 is 9.53 Å². The van der Waals surface area contributed by atoms with Gasteiger partial charge in [-0.1, -0.05) is 18.2 Å². The van der Waals surface area contributed by atoms with Crippen molar-refractivity contribution in [1.82, 2.24) is 0 Å². The lowest BCUT2D eigenvalue weighted by atomic mass is 9.97. The smallest absolute Gasteiger partial charge is 0.307 e. The topological polar surface area (TPSA) is 26.3 Å². The lowest BCUT2D eigenvalue weighted by Crippen LogP contribution is -2.00. The van der Waals surface area contributed by atoms with Crippen molar-refractivity contribution in [3.8, 4) is 0 Å². The molecule has 2 heteroatoms. The molecule has 0 spiro atoms. The number of carbonyl (C=O) groups excluding carboxylic acids is 1. The zero-order valence-electron chi connectivity index (χ0n) is 8.14. The van der Waals surface area contributed by atoms with Crippen molar-refractivity contribution in [3.63, 3.8) is 0 Å². The van der Waals surface area contributed by atoms with Crippen LogP contribution in [0.25, 0.3) is 0 Å². The Hall–Kier alpha value is -1.05. The lowest BCUT2D eigenvalue weighted by Gasteiger charge is -2.13. The molecule has 0 fully saturated rings. The van der Waals surface area contributed by atoms with Gasteiger partial charge in [-0.3, -0.25) is 4.79 Å². The Morgan fingerprint density at radius 1 is 1.62 bits per heavy atom. The van der Waals surface area contributed by atoms with Gasteiger partial charge < -0.3 is 4.74 Å². The fourth-order valence-corrected chi connectivity index (χ4v) is 1.56. The number of ether oxygens (including phenoxy) is 1. The van der Waals surface area contributed by atoms with E-state index in [2.05, 4.69) is 12.7 Å². The van der Waals surface area contributed by atoms with Gasteiger partial charge in [-0.15, -0.1) is 0 Å². The molecule has 13 heavy (non-hydrogen) atoms. The molecule has 0 atom stereocenters. The number of esters is 1. The maximum absolute atomic E-state index is 10.6. The minimum absolute atomic E-state index is 0.276. The number of hydrogen-bond donors (Lipinski definition) is 0. The van der Waals surface area contributed by atoms with Gasteiger partial charge >= 0.3 is 5.97 Å². The summed E-state index contributed by atoms with van der Waals surface area (Å²) in [5, 5.41) is 0. The van der Waals surface area contributed by atoms with Gasteiger partial charge in [0, 0.05) is 13.3 Å². The molecule has 0 aromatic rings. The predicted octanol–water partition coefficient (Wildman–Crippen LogP) is 2.95. The van der Waals surface area contributed by atoms with Crippen molar-refractivity contribution in [2.75, 3.05) is 0 Å². The highest BCUT2D eigenvalue weighted by Gasteiger charge is 2.06. The first-order chi connectivity index (χ1) is 6.18. The van der Waals surface area contributed by atoms with Crippen molar-refractivity contribution in [3.05, 3.63) is 24.0 Å². The van der Waals surface area contributed by atoms with Gasteiger partial charge in [0.1, 0.15) is 5.76 Å². The minimum atomic E-state index is -0.276. The predicted molar refractivity (Wildman–Crippen MR) is 52.1 cm³/mol. The molecule has 0 aromatic heterocycles. The number of carbonyl (C=O) groups is 1. The van der Waals surface area contributed by atoms with E-state index in [1.165, 1.54) is 25.3 Å². The fraction of sp³-hybridized carbons (Fsp3) is 0.545. The summed E-state index contributed by atoms with van der Waals surface area (Å²) in [4.78, 5) is 10.6. The zero-order chi connectivity index (χ0) is 9.68. The molecule has 0 unspecified atom stereocenters. The third kappa shape index (κ3) is 3.92. The molecule has 72 valence electrons. The van der Waals surface area contributed by atoms with Crippen molar-refractivity contribution in [1.29, 1.82) is 0 Å². The van der Waals surface area contributed by atoms with Crippen molar-refractivity contribution in [2.24, 2.45) is 0 Å². The van der Waals surface area contributed by atoms with Gasteiger partial charge in [-0.2, -0.15) is 0 Å². The lowest BCUT2D eigenvalue weighted by molar-refractivity contribution is -0.136.